The van der Waals surface area contributed by atoms with Crippen LogP contribution in [0, 0.1) is 5.92 Å². The van der Waals surface area contributed by atoms with Crippen molar-refractivity contribution in [1.29, 1.82) is 0 Å². The summed E-state index contributed by atoms with van der Waals surface area (Å²) in [6.45, 7) is 1.10. The van der Waals surface area contributed by atoms with E-state index in [9.17, 15) is 0 Å². The van der Waals surface area contributed by atoms with Crippen LogP contribution in [0.3, 0.4) is 0 Å². The van der Waals surface area contributed by atoms with Gasteiger partial charge in [-0.25, -0.2) is 0 Å². The van der Waals surface area contributed by atoms with Gasteiger partial charge in [-0.15, -0.1) is 0 Å². The van der Waals surface area contributed by atoms with Gasteiger partial charge in [0.15, 0.2) is 0 Å². The van der Waals surface area contributed by atoms with Crippen LogP contribution < -0.4 is 10.1 Å². The Balaban J connectivity index is 1.56. The highest BCUT2D eigenvalue weighted by Crippen LogP contribution is 2.27. The molecule has 0 aromatic heterocycles. The second-order valence-electron chi connectivity index (χ2n) is 5.12. The molecule has 0 atom stereocenters. The second-order valence-corrected chi connectivity index (χ2v) is 5.12. The number of rotatable bonds is 5. The number of hydrogen-bond acceptors (Lipinski definition) is 2. The first-order valence-electron chi connectivity index (χ1n) is 6.97. The van der Waals surface area contributed by atoms with Crippen LogP contribution in [0.25, 0.3) is 0 Å². The van der Waals surface area contributed by atoms with Gasteiger partial charge in [0.25, 0.3) is 0 Å². The molecule has 1 saturated carbocycles. The van der Waals surface area contributed by atoms with Crippen molar-refractivity contribution in [3.05, 3.63) is 54.6 Å². The minimum absolute atomic E-state index is 0.873. The summed E-state index contributed by atoms with van der Waals surface area (Å²) in [6, 6.07) is 18.0. The molecule has 0 bridgehead atoms. The lowest BCUT2D eigenvalue weighted by atomic mass is 9.85. The first-order chi connectivity index (χ1) is 9.40. The number of hydrogen-bond donors (Lipinski definition) is 1. The third kappa shape index (κ3) is 3.28. The van der Waals surface area contributed by atoms with Gasteiger partial charge < -0.3 is 10.1 Å². The predicted molar refractivity (Wildman–Crippen MR) is 78.8 cm³/mol. The normalized spacial score (nSPS) is 14.7. The molecule has 0 aliphatic heterocycles. The van der Waals surface area contributed by atoms with Crippen LogP contribution in [-0.4, -0.2) is 6.54 Å². The average Bonchev–Trinajstić information content (AvgIpc) is 2.40. The van der Waals surface area contributed by atoms with E-state index >= 15 is 0 Å². The fourth-order valence-corrected chi connectivity index (χ4v) is 2.22. The van der Waals surface area contributed by atoms with Crippen molar-refractivity contribution in [2.75, 3.05) is 11.9 Å². The van der Waals surface area contributed by atoms with Crippen LogP contribution in [0.15, 0.2) is 54.6 Å². The molecule has 0 unspecified atom stereocenters. The van der Waals surface area contributed by atoms with Gasteiger partial charge in [0.05, 0.1) is 0 Å². The standard InChI is InChI=1S/C17H19NO/c1-2-7-16(8-3-1)19-17-11-9-15(10-12-17)18-13-14-5-4-6-14/h1-3,7-12,14,18H,4-6,13H2. The number of benzene rings is 2. The highest BCUT2D eigenvalue weighted by Gasteiger charge is 2.16. The zero-order valence-corrected chi connectivity index (χ0v) is 11.0. The van der Waals surface area contributed by atoms with E-state index in [1.807, 2.05) is 42.5 Å². The minimum atomic E-state index is 0.873. The Kier molecular flexibility index (Phi) is 3.68. The largest absolute Gasteiger partial charge is 0.457 e. The quantitative estimate of drug-likeness (QED) is 0.834. The predicted octanol–water partition coefficient (Wildman–Crippen LogP) is 4.69. The molecule has 98 valence electrons. The van der Waals surface area contributed by atoms with E-state index in [0.717, 1.165) is 24.0 Å². The third-order valence-corrected chi connectivity index (χ3v) is 3.65. The Bertz CT molecular complexity index is 503. The molecule has 0 radical (unpaired) electrons. The summed E-state index contributed by atoms with van der Waals surface area (Å²) in [5, 5.41) is 3.48. The number of para-hydroxylation sites is 1. The van der Waals surface area contributed by atoms with Gasteiger partial charge >= 0.3 is 0 Å². The lowest BCUT2D eigenvalue weighted by molar-refractivity contribution is 0.333. The maximum absolute atomic E-state index is 5.76. The Morgan fingerprint density at radius 1 is 0.895 bits per heavy atom. The van der Waals surface area contributed by atoms with E-state index in [1.165, 1.54) is 24.9 Å². The van der Waals surface area contributed by atoms with E-state index in [-0.39, 0.29) is 0 Å². The molecule has 2 heteroatoms. The zero-order valence-electron chi connectivity index (χ0n) is 11.0. The number of ether oxygens (including phenoxy) is 1. The van der Waals surface area contributed by atoms with Gasteiger partial charge in [-0.05, 0) is 55.2 Å². The van der Waals surface area contributed by atoms with E-state index in [0.29, 0.717) is 0 Å². The van der Waals surface area contributed by atoms with E-state index in [2.05, 4.69) is 17.4 Å². The van der Waals surface area contributed by atoms with Crippen molar-refractivity contribution in [3.63, 3.8) is 0 Å². The maximum Gasteiger partial charge on any atom is 0.127 e. The van der Waals surface area contributed by atoms with Crippen LogP contribution in [-0.2, 0) is 0 Å². The van der Waals surface area contributed by atoms with Gasteiger partial charge in [0.2, 0.25) is 0 Å². The molecule has 1 N–H and O–H groups in total. The molecular weight excluding hydrogens is 234 g/mol. The van der Waals surface area contributed by atoms with Crippen LogP contribution in [0.4, 0.5) is 5.69 Å². The highest BCUT2D eigenvalue weighted by atomic mass is 16.5. The Morgan fingerprint density at radius 3 is 2.21 bits per heavy atom. The molecule has 2 aromatic carbocycles. The van der Waals surface area contributed by atoms with E-state index in [4.69, 9.17) is 4.74 Å². The Hall–Kier alpha value is -1.96. The molecule has 1 fully saturated rings. The fraction of sp³-hybridized carbons (Fsp3) is 0.294. The Labute approximate surface area is 114 Å². The summed E-state index contributed by atoms with van der Waals surface area (Å²) in [4.78, 5) is 0. The first kappa shape index (κ1) is 12.1. The molecular formula is C17H19NO. The summed E-state index contributed by atoms with van der Waals surface area (Å²) in [7, 11) is 0. The molecule has 3 rings (SSSR count). The van der Waals surface area contributed by atoms with Gasteiger partial charge in [-0.3, -0.25) is 0 Å². The molecule has 1 aliphatic rings. The third-order valence-electron chi connectivity index (χ3n) is 3.65. The van der Waals surface area contributed by atoms with E-state index < -0.39 is 0 Å². The van der Waals surface area contributed by atoms with E-state index in [1.54, 1.807) is 0 Å². The molecule has 1 aliphatic carbocycles. The minimum Gasteiger partial charge on any atom is -0.457 e. The van der Waals surface area contributed by atoms with Crippen molar-refractivity contribution in [1.82, 2.24) is 0 Å². The molecule has 19 heavy (non-hydrogen) atoms. The van der Waals surface area contributed by atoms with Gasteiger partial charge in [0.1, 0.15) is 11.5 Å². The number of anilines is 1. The monoisotopic (exact) mass is 253 g/mol. The molecule has 0 spiro atoms. The summed E-state index contributed by atoms with van der Waals surface area (Å²) in [5.74, 6) is 2.62. The first-order valence-corrected chi connectivity index (χ1v) is 6.97. The average molecular weight is 253 g/mol. The zero-order chi connectivity index (χ0) is 12.9. The fourth-order valence-electron chi connectivity index (χ4n) is 2.22. The molecule has 2 nitrogen and oxygen atoms in total. The van der Waals surface area contributed by atoms with Crippen LogP contribution in [0.5, 0.6) is 11.5 Å². The highest BCUT2D eigenvalue weighted by molar-refractivity contribution is 5.47. The number of nitrogens with one attached hydrogen (secondary N) is 1. The van der Waals surface area contributed by atoms with Gasteiger partial charge in [-0.2, -0.15) is 0 Å². The van der Waals surface area contributed by atoms with Crippen LogP contribution >= 0.6 is 0 Å². The molecule has 0 amide bonds. The van der Waals surface area contributed by atoms with Crippen molar-refractivity contribution >= 4 is 5.69 Å². The second kappa shape index (κ2) is 5.79. The summed E-state index contributed by atoms with van der Waals surface area (Å²) < 4.78 is 5.76. The van der Waals surface area contributed by atoms with Crippen molar-refractivity contribution < 1.29 is 4.74 Å². The van der Waals surface area contributed by atoms with Crippen molar-refractivity contribution in [2.24, 2.45) is 5.92 Å². The SMILES string of the molecule is c1ccc(Oc2ccc(NCC3CCC3)cc2)cc1. The van der Waals surface area contributed by atoms with Crippen LogP contribution in [0.2, 0.25) is 0 Å². The lowest BCUT2D eigenvalue weighted by Crippen LogP contribution is -2.20. The van der Waals surface area contributed by atoms with Gasteiger partial charge in [-0.1, -0.05) is 24.6 Å². The van der Waals surface area contributed by atoms with Crippen molar-refractivity contribution in [3.8, 4) is 11.5 Å². The summed E-state index contributed by atoms with van der Waals surface area (Å²) in [6.07, 6.45) is 4.15. The van der Waals surface area contributed by atoms with Gasteiger partial charge in [0, 0.05) is 12.2 Å². The van der Waals surface area contributed by atoms with Crippen LogP contribution in [0.1, 0.15) is 19.3 Å². The lowest BCUT2D eigenvalue weighted by Gasteiger charge is -2.25. The topological polar surface area (TPSA) is 21.3 Å². The Morgan fingerprint density at radius 2 is 1.58 bits per heavy atom. The molecule has 0 saturated heterocycles. The summed E-state index contributed by atoms with van der Waals surface area (Å²) >= 11 is 0. The smallest absolute Gasteiger partial charge is 0.127 e. The molecule has 0 heterocycles. The van der Waals surface area contributed by atoms with Crippen molar-refractivity contribution in [2.45, 2.75) is 19.3 Å². The molecule has 2 aromatic rings. The maximum atomic E-state index is 5.76. The summed E-state index contributed by atoms with van der Waals surface area (Å²) in [5.41, 5.74) is 1.17.